The first-order valence-electron chi connectivity index (χ1n) is 4.63. The Morgan fingerprint density at radius 3 is 2.65 bits per heavy atom. The predicted octanol–water partition coefficient (Wildman–Crippen LogP) is 0.918. The van der Waals surface area contributed by atoms with E-state index >= 15 is 0 Å². The number of alkyl halides is 4. The van der Waals surface area contributed by atoms with Crippen molar-refractivity contribution in [2.45, 2.75) is 24.8 Å². The number of carboxylic acid groups (broad SMARTS) is 1. The zero-order chi connectivity index (χ0) is 12.8. The van der Waals surface area contributed by atoms with Crippen LogP contribution in [0.5, 0.6) is 0 Å². The smallest absolute Gasteiger partial charge is 0.358 e. The van der Waals surface area contributed by atoms with Crippen LogP contribution >= 0.6 is 0 Å². The number of halogens is 4. The highest BCUT2D eigenvalue weighted by molar-refractivity contribution is 5.84. The molecule has 1 N–H and O–H groups in total. The molecule has 1 aliphatic rings. The fraction of sp³-hybridized carbons (Fsp3) is 0.625. The van der Waals surface area contributed by atoms with Gasteiger partial charge in [-0.2, -0.15) is 9.90 Å². The summed E-state index contributed by atoms with van der Waals surface area (Å²) in [6.07, 6.45) is -4.26. The Kier molecular flexibility index (Phi) is 2.55. The summed E-state index contributed by atoms with van der Waals surface area (Å²) < 4.78 is 51.2. The largest absolute Gasteiger partial charge is 0.476 e. The van der Waals surface area contributed by atoms with E-state index in [1.54, 1.807) is 0 Å². The molecule has 17 heavy (non-hydrogen) atoms. The number of hydrogen-bond acceptors (Lipinski definition) is 3. The van der Waals surface area contributed by atoms with Gasteiger partial charge in [-0.15, -0.1) is 5.10 Å². The van der Waals surface area contributed by atoms with Crippen LogP contribution in [-0.2, 0) is 6.54 Å². The van der Waals surface area contributed by atoms with Gasteiger partial charge in [-0.1, -0.05) is 0 Å². The highest BCUT2D eigenvalue weighted by Gasteiger charge is 2.67. The normalized spacial score (nSPS) is 30.9. The zero-order valence-corrected chi connectivity index (χ0v) is 8.23. The van der Waals surface area contributed by atoms with Gasteiger partial charge in [-0.05, 0) is 0 Å². The van der Waals surface area contributed by atoms with Gasteiger partial charge in [-0.25, -0.2) is 22.4 Å². The summed E-state index contributed by atoms with van der Waals surface area (Å²) in [5, 5.41) is 15.2. The second-order valence-corrected chi connectivity index (χ2v) is 3.72. The van der Waals surface area contributed by atoms with Crippen molar-refractivity contribution in [3.8, 4) is 0 Å². The maximum absolute atomic E-state index is 12.9. The third kappa shape index (κ3) is 1.75. The SMILES string of the molecule is O=C(O)c1cnn(CC2C(F)C(F)C2(F)F)n1. The molecule has 5 nitrogen and oxygen atoms in total. The molecule has 1 fully saturated rings. The van der Waals surface area contributed by atoms with Gasteiger partial charge in [0.2, 0.25) is 0 Å². The number of hydrogen-bond donors (Lipinski definition) is 1. The van der Waals surface area contributed by atoms with Gasteiger partial charge in [0.05, 0.1) is 18.7 Å². The van der Waals surface area contributed by atoms with Crippen molar-refractivity contribution in [1.29, 1.82) is 0 Å². The third-order valence-corrected chi connectivity index (χ3v) is 2.64. The van der Waals surface area contributed by atoms with Crippen molar-refractivity contribution in [3.63, 3.8) is 0 Å². The predicted molar refractivity (Wildman–Crippen MR) is 45.2 cm³/mol. The van der Waals surface area contributed by atoms with Crippen molar-refractivity contribution in [1.82, 2.24) is 15.0 Å². The molecule has 1 aromatic rings. The van der Waals surface area contributed by atoms with Crippen molar-refractivity contribution < 1.29 is 27.5 Å². The van der Waals surface area contributed by atoms with Crippen LogP contribution in [0.1, 0.15) is 10.5 Å². The monoisotopic (exact) mass is 253 g/mol. The van der Waals surface area contributed by atoms with E-state index in [2.05, 4.69) is 10.2 Å². The number of carboxylic acids is 1. The first-order valence-corrected chi connectivity index (χ1v) is 4.63. The lowest BCUT2D eigenvalue weighted by Crippen LogP contribution is -2.62. The summed E-state index contributed by atoms with van der Waals surface area (Å²) in [5.41, 5.74) is -0.445. The molecule has 94 valence electrons. The van der Waals surface area contributed by atoms with Gasteiger partial charge >= 0.3 is 5.97 Å². The van der Waals surface area contributed by atoms with Gasteiger partial charge < -0.3 is 5.11 Å². The topological polar surface area (TPSA) is 68.0 Å². The van der Waals surface area contributed by atoms with Gasteiger partial charge in [0.15, 0.2) is 11.9 Å². The van der Waals surface area contributed by atoms with Crippen LogP contribution in [0.3, 0.4) is 0 Å². The molecule has 3 atom stereocenters. The van der Waals surface area contributed by atoms with Crippen LogP contribution in [0.2, 0.25) is 0 Å². The van der Waals surface area contributed by atoms with Crippen LogP contribution in [0, 0.1) is 5.92 Å². The van der Waals surface area contributed by atoms with E-state index in [-0.39, 0.29) is 0 Å². The first kappa shape index (κ1) is 11.8. The Balaban J connectivity index is 2.09. The van der Waals surface area contributed by atoms with E-state index in [1.165, 1.54) is 0 Å². The molecule has 0 aliphatic heterocycles. The van der Waals surface area contributed by atoms with Crippen LogP contribution in [0.15, 0.2) is 6.20 Å². The quantitative estimate of drug-likeness (QED) is 0.813. The van der Waals surface area contributed by atoms with Gasteiger partial charge in [-0.3, -0.25) is 0 Å². The Morgan fingerprint density at radius 2 is 2.18 bits per heavy atom. The molecular formula is C8H7F4N3O2. The molecule has 1 aliphatic carbocycles. The summed E-state index contributed by atoms with van der Waals surface area (Å²) in [6, 6.07) is 0. The molecule has 3 unspecified atom stereocenters. The Hall–Kier alpha value is -1.67. The minimum Gasteiger partial charge on any atom is -0.476 e. The average Bonchev–Trinajstić information content (AvgIpc) is 2.73. The molecule has 2 rings (SSSR count). The first-order chi connectivity index (χ1) is 7.84. The Bertz CT molecular complexity index is 450. The standard InChI is InChI=1S/C8H7F4N3O2/c9-5-3(8(11,12)6(5)10)2-15-13-1-4(14-15)7(16)17/h1,3,5-6H,2H2,(H,16,17). The lowest BCUT2D eigenvalue weighted by atomic mass is 9.77. The number of aromatic nitrogens is 3. The summed E-state index contributed by atoms with van der Waals surface area (Å²) >= 11 is 0. The zero-order valence-electron chi connectivity index (χ0n) is 8.23. The minimum atomic E-state index is -3.77. The Morgan fingerprint density at radius 1 is 1.53 bits per heavy atom. The number of rotatable bonds is 3. The molecule has 0 spiro atoms. The van der Waals surface area contributed by atoms with Crippen molar-refractivity contribution in [2.24, 2.45) is 5.92 Å². The van der Waals surface area contributed by atoms with Crippen LogP contribution in [0.25, 0.3) is 0 Å². The molecule has 9 heteroatoms. The van der Waals surface area contributed by atoms with E-state index in [0.29, 0.717) is 4.80 Å². The Labute approximate surface area is 92.0 Å². The minimum absolute atomic E-state index is 0.445. The average molecular weight is 253 g/mol. The second-order valence-electron chi connectivity index (χ2n) is 3.72. The summed E-state index contributed by atoms with van der Waals surface area (Å²) in [5.74, 6) is -7.01. The lowest BCUT2D eigenvalue weighted by Gasteiger charge is -2.42. The van der Waals surface area contributed by atoms with Gasteiger partial charge in [0.25, 0.3) is 5.92 Å². The lowest BCUT2D eigenvalue weighted by molar-refractivity contribution is -0.243. The highest BCUT2D eigenvalue weighted by atomic mass is 19.3. The van der Waals surface area contributed by atoms with Crippen LogP contribution in [0.4, 0.5) is 17.6 Å². The van der Waals surface area contributed by atoms with E-state index < -0.39 is 42.4 Å². The summed E-state index contributed by atoms with van der Waals surface area (Å²) in [7, 11) is 0. The molecular weight excluding hydrogens is 246 g/mol. The maximum atomic E-state index is 12.9. The van der Waals surface area contributed by atoms with Crippen LogP contribution in [-0.4, -0.2) is 44.3 Å². The maximum Gasteiger partial charge on any atom is 0.358 e. The second kappa shape index (κ2) is 3.67. The molecule has 0 bridgehead atoms. The van der Waals surface area contributed by atoms with Crippen molar-refractivity contribution in [3.05, 3.63) is 11.9 Å². The third-order valence-electron chi connectivity index (χ3n) is 2.64. The van der Waals surface area contributed by atoms with E-state index in [9.17, 15) is 22.4 Å². The molecule has 1 aromatic heterocycles. The highest BCUT2D eigenvalue weighted by Crippen LogP contribution is 2.48. The molecule has 1 saturated carbocycles. The fourth-order valence-electron chi connectivity index (χ4n) is 1.60. The number of carbonyl (C=O) groups is 1. The fourth-order valence-corrected chi connectivity index (χ4v) is 1.60. The molecule has 0 radical (unpaired) electrons. The summed E-state index contributed by atoms with van der Waals surface area (Å²) in [4.78, 5) is 11.1. The molecule has 0 saturated heterocycles. The van der Waals surface area contributed by atoms with E-state index in [4.69, 9.17) is 5.11 Å². The number of nitrogens with zero attached hydrogens (tertiary/aromatic N) is 3. The van der Waals surface area contributed by atoms with E-state index in [0.717, 1.165) is 6.20 Å². The van der Waals surface area contributed by atoms with E-state index in [1.807, 2.05) is 0 Å². The summed E-state index contributed by atoms with van der Waals surface area (Å²) in [6.45, 7) is -0.665. The molecule has 1 heterocycles. The number of aromatic carboxylic acids is 1. The van der Waals surface area contributed by atoms with Crippen molar-refractivity contribution in [2.75, 3.05) is 0 Å². The van der Waals surface area contributed by atoms with Crippen LogP contribution < -0.4 is 0 Å². The molecule has 0 aromatic carbocycles. The van der Waals surface area contributed by atoms with Gasteiger partial charge in [0.1, 0.15) is 6.17 Å². The van der Waals surface area contributed by atoms with Crippen molar-refractivity contribution >= 4 is 5.97 Å². The molecule has 0 amide bonds. The van der Waals surface area contributed by atoms with Gasteiger partial charge in [0, 0.05) is 0 Å².